The summed E-state index contributed by atoms with van der Waals surface area (Å²) in [4.78, 5) is 16.5. The number of nitrogens with zero attached hydrogens (tertiary/aromatic N) is 4. The second kappa shape index (κ2) is 6.72. The molecule has 0 atom stereocenters. The largest absolute Gasteiger partial charge is 0.340 e. The van der Waals surface area contributed by atoms with Gasteiger partial charge in [-0.1, -0.05) is 12.1 Å². The molecule has 3 aromatic rings. The van der Waals surface area contributed by atoms with Crippen LogP contribution in [-0.2, 0) is 6.54 Å². The third-order valence-corrected chi connectivity index (χ3v) is 4.59. The van der Waals surface area contributed by atoms with Crippen LogP contribution in [0.5, 0.6) is 0 Å². The van der Waals surface area contributed by atoms with Gasteiger partial charge in [0, 0.05) is 43.3 Å². The molecule has 0 amide bonds. The third kappa shape index (κ3) is 3.11. The molecule has 0 bridgehead atoms. The van der Waals surface area contributed by atoms with E-state index in [9.17, 15) is 9.18 Å². The maximum absolute atomic E-state index is 13.8. The number of halogens is 1. The van der Waals surface area contributed by atoms with Gasteiger partial charge in [0.2, 0.25) is 0 Å². The highest BCUT2D eigenvalue weighted by Gasteiger charge is 2.20. The molecule has 26 heavy (non-hydrogen) atoms. The number of aromatic nitrogens is 2. The molecular weight excluding hydrogens is 331 g/mol. The van der Waals surface area contributed by atoms with Gasteiger partial charge in [-0.25, -0.2) is 4.39 Å². The minimum absolute atomic E-state index is 0.185. The normalized spacial score (nSPS) is 14.8. The SMILES string of the molecule is CN1CCN(c2cccc(F)c2)c2cc(-n3ncccc3=O)ccc2C1. The molecule has 1 aliphatic heterocycles. The first kappa shape index (κ1) is 16.5. The summed E-state index contributed by atoms with van der Waals surface area (Å²) in [5, 5.41) is 4.16. The van der Waals surface area contributed by atoms with E-state index < -0.39 is 0 Å². The summed E-state index contributed by atoms with van der Waals surface area (Å²) in [7, 11) is 2.07. The predicted molar refractivity (Wildman–Crippen MR) is 99.6 cm³/mol. The van der Waals surface area contributed by atoms with Gasteiger partial charge < -0.3 is 9.80 Å². The quantitative estimate of drug-likeness (QED) is 0.713. The Morgan fingerprint density at radius 1 is 1.00 bits per heavy atom. The average molecular weight is 350 g/mol. The van der Waals surface area contributed by atoms with Crippen molar-refractivity contribution in [3.8, 4) is 5.69 Å². The van der Waals surface area contributed by atoms with Crippen LogP contribution >= 0.6 is 0 Å². The van der Waals surface area contributed by atoms with Crippen LogP contribution in [-0.4, -0.2) is 34.8 Å². The molecule has 5 nitrogen and oxygen atoms in total. The van der Waals surface area contributed by atoms with Gasteiger partial charge in [0.15, 0.2) is 0 Å². The lowest BCUT2D eigenvalue weighted by molar-refractivity contribution is 0.343. The molecule has 0 unspecified atom stereocenters. The maximum Gasteiger partial charge on any atom is 0.271 e. The van der Waals surface area contributed by atoms with Crippen LogP contribution in [0.2, 0.25) is 0 Å². The molecule has 1 aliphatic rings. The molecule has 6 heteroatoms. The van der Waals surface area contributed by atoms with Crippen molar-refractivity contribution >= 4 is 11.4 Å². The smallest absolute Gasteiger partial charge is 0.271 e. The first-order chi connectivity index (χ1) is 12.6. The van der Waals surface area contributed by atoms with Crippen LogP contribution in [0.25, 0.3) is 5.69 Å². The molecule has 0 saturated heterocycles. The minimum atomic E-state index is -0.265. The summed E-state index contributed by atoms with van der Waals surface area (Å²) < 4.78 is 15.2. The van der Waals surface area contributed by atoms with Gasteiger partial charge in [0.05, 0.1) is 5.69 Å². The molecule has 0 radical (unpaired) electrons. The lowest BCUT2D eigenvalue weighted by atomic mass is 10.1. The van der Waals surface area contributed by atoms with Crippen molar-refractivity contribution in [1.82, 2.24) is 14.7 Å². The Bertz CT molecular complexity index is 1000. The molecule has 4 rings (SSSR count). The number of hydrogen-bond donors (Lipinski definition) is 0. The number of fused-ring (bicyclic) bond motifs is 1. The van der Waals surface area contributed by atoms with Crippen molar-refractivity contribution in [2.45, 2.75) is 6.54 Å². The molecule has 0 saturated carbocycles. The van der Waals surface area contributed by atoms with Crippen molar-refractivity contribution in [1.29, 1.82) is 0 Å². The van der Waals surface area contributed by atoms with Crippen LogP contribution in [0.3, 0.4) is 0 Å². The molecule has 0 aliphatic carbocycles. The molecule has 0 fully saturated rings. The molecule has 1 aromatic heterocycles. The Balaban J connectivity index is 1.86. The summed E-state index contributed by atoms with van der Waals surface area (Å²) >= 11 is 0. The summed E-state index contributed by atoms with van der Waals surface area (Å²) in [6.07, 6.45) is 1.59. The molecule has 0 N–H and O–H groups in total. The van der Waals surface area contributed by atoms with Gasteiger partial charge >= 0.3 is 0 Å². The Kier molecular flexibility index (Phi) is 4.26. The van der Waals surface area contributed by atoms with Gasteiger partial charge in [0.25, 0.3) is 5.56 Å². The predicted octanol–water partition coefficient (Wildman–Crippen LogP) is 2.96. The first-order valence-corrected chi connectivity index (χ1v) is 8.51. The van der Waals surface area contributed by atoms with E-state index in [1.165, 1.54) is 22.9 Å². The molecular formula is C20H19FN4O. The molecule has 132 valence electrons. The van der Waals surface area contributed by atoms with Crippen LogP contribution in [0.1, 0.15) is 5.56 Å². The van der Waals surface area contributed by atoms with Gasteiger partial charge in [-0.05, 0) is 49.0 Å². The number of likely N-dealkylation sites (N-methyl/N-ethyl adjacent to an activating group) is 1. The lowest BCUT2D eigenvalue weighted by Crippen LogP contribution is -2.26. The van der Waals surface area contributed by atoms with Gasteiger partial charge in [-0.3, -0.25) is 4.79 Å². The zero-order chi connectivity index (χ0) is 18.1. The van der Waals surface area contributed by atoms with Crippen molar-refractivity contribution in [3.63, 3.8) is 0 Å². The highest BCUT2D eigenvalue weighted by molar-refractivity contribution is 5.69. The number of anilines is 2. The van der Waals surface area contributed by atoms with E-state index in [1.54, 1.807) is 18.3 Å². The Labute approximate surface area is 150 Å². The zero-order valence-corrected chi connectivity index (χ0v) is 14.5. The van der Waals surface area contributed by atoms with Gasteiger partial charge in [-0.2, -0.15) is 9.78 Å². The van der Waals surface area contributed by atoms with Crippen molar-refractivity contribution in [2.24, 2.45) is 0 Å². The Morgan fingerprint density at radius 3 is 2.69 bits per heavy atom. The summed E-state index contributed by atoms with van der Waals surface area (Å²) in [6, 6.07) is 15.6. The summed E-state index contributed by atoms with van der Waals surface area (Å²) in [5.74, 6) is -0.265. The summed E-state index contributed by atoms with van der Waals surface area (Å²) in [5.41, 5.74) is 3.40. The minimum Gasteiger partial charge on any atom is -0.340 e. The number of rotatable bonds is 2. The fourth-order valence-electron chi connectivity index (χ4n) is 3.29. The standard InChI is InChI=1S/C20H19FN4O/c1-23-10-11-24(17-5-2-4-16(21)12-17)19-13-18(8-7-15(19)14-23)25-20(26)6-3-9-22-25/h2-9,12-13H,10-11,14H2,1H3. The molecule has 0 spiro atoms. The van der Waals surface area contributed by atoms with E-state index in [-0.39, 0.29) is 11.4 Å². The van der Waals surface area contributed by atoms with Gasteiger partial charge in [-0.15, -0.1) is 0 Å². The second-order valence-corrected chi connectivity index (χ2v) is 6.46. The summed E-state index contributed by atoms with van der Waals surface area (Å²) in [6.45, 7) is 2.37. The number of hydrogen-bond acceptors (Lipinski definition) is 4. The first-order valence-electron chi connectivity index (χ1n) is 8.51. The third-order valence-electron chi connectivity index (χ3n) is 4.59. The van der Waals surface area contributed by atoms with Crippen LogP contribution in [0.15, 0.2) is 65.6 Å². The Morgan fingerprint density at radius 2 is 1.88 bits per heavy atom. The maximum atomic E-state index is 13.8. The highest BCUT2D eigenvalue weighted by atomic mass is 19.1. The fraction of sp³-hybridized carbons (Fsp3) is 0.200. The van der Waals surface area contributed by atoms with Crippen molar-refractivity contribution in [2.75, 3.05) is 25.0 Å². The van der Waals surface area contributed by atoms with E-state index in [0.717, 1.165) is 36.6 Å². The molecule has 2 heterocycles. The van der Waals surface area contributed by atoms with Crippen LogP contribution < -0.4 is 10.5 Å². The monoisotopic (exact) mass is 350 g/mol. The van der Waals surface area contributed by atoms with E-state index in [1.807, 2.05) is 24.3 Å². The topological polar surface area (TPSA) is 41.4 Å². The van der Waals surface area contributed by atoms with E-state index in [4.69, 9.17) is 0 Å². The van der Waals surface area contributed by atoms with E-state index in [2.05, 4.69) is 21.9 Å². The fourth-order valence-corrected chi connectivity index (χ4v) is 3.29. The van der Waals surface area contributed by atoms with Crippen LogP contribution in [0.4, 0.5) is 15.8 Å². The zero-order valence-electron chi connectivity index (χ0n) is 14.5. The lowest BCUT2D eigenvalue weighted by Gasteiger charge is -2.25. The average Bonchev–Trinajstić information content (AvgIpc) is 2.80. The van der Waals surface area contributed by atoms with Crippen LogP contribution in [0, 0.1) is 5.82 Å². The van der Waals surface area contributed by atoms with Crippen molar-refractivity contribution in [3.05, 3.63) is 82.5 Å². The molecule has 2 aromatic carbocycles. The second-order valence-electron chi connectivity index (χ2n) is 6.46. The number of benzene rings is 2. The highest BCUT2D eigenvalue weighted by Crippen LogP contribution is 2.33. The van der Waals surface area contributed by atoms with Crippen molar-refractivity contribution < 1.29 is 4.39 Å². The Hall–Kier alpha value is -2.99. The van der Waals surface area contributed by atoms with E-state index >= 15 is 0 Å². The van der Waals surface area contributed by atoms with Gasteiger partial charge in [0.1, 0.15) is 5.82 Å². The van der Waals surface area contributed by atoms with E-state index in [0.29, 0.717) is 5.69 Å².